The van der Waals surface area contributed by atoms with Gasteiger partial charge in [0.15, 0.2) is 0 Å². The van der Waals surface area contributed by atoms with Gasteiger partial charge in [0.2, 0.25) is 5.91 Å². The molecule has 1 saturated heterocycles. The molecule has 148 valence electrons. The number of halogens is 1. The monoisotopic (exact) mass is 407 g/mol. The Kier molecular flexibility index (Phi) is 5.62. The van der Waals surface area contributed by atoms with Crippen LogP contribution in [0.5, 0.6) is 0 Å². The number of benzene rings is 1. The first-order chi connectivity index (χ1) is 14.1. The third kappa shape index (κ3) is 4.66. The van der Waals surface area contributed by atoms with Gasteiger partial charge in [-0.25, -0.2) is 9.97 Å². The van der Waals surface area contributed by atoms with Gasteiger partial charge in [0.25, 0.3) is 0 Å². The van der Waals surface area contributed by atoms with Crippen LogP contribution in [0.25, 0.3) is 11.9 Å². The van der Waals surface area contributed by atoms with Crippen LogP contribution in [-0.4, -0.2) is 51.5 Å². The number of rotatable bonds is 4. The van der Waals surface area contributed by atoms with Crippen LogP contribution in [0.3, 0.4) is 0 Å². The minimum absolute atomic E-state index is 0.0199. The molecule has 4 rings (SSSR count). The highest BCUT2D eigenvalue weighted by molar-refractivity contribution is 6.30. The van der Waals surface area contributed by atoms with E-state index in [0.29, 0.717) is 18.1 Å². The van der Waals surface area contributed by atoms with Gasteiger partial charge >= 0.3 is 0 Å². The summed E-state index contributed by atoms with van der Waals surface area (Å²) in [5, 5.41) is 0.685. The highest BCUT2D eigenvalue weighted by atomic mass is 35.5. The zero-order chi connectivity index (χ0) is 20.2. The van der Waals surface area contributed by atoms with Gasteiger partial charge < -0.3 is 14.4 Å². The Morgan fingerprint density at radius 1 is 1.00 bits per heavy atom. The van der Waals surface area contributed by atoms with Crippen LogP contribution < -0.4 is 4.90 Å². The molecular formula is C22H22ClN5O. The van der Waals surface area contributed by atoms with Crippen molar-refractivity contribution in [3.63, 3.8) is 0 Å². The Labute approximate surface area is 175 Å². The molecule has 0 N–H and O–H groups in total. The fourth-order valence-corrected chi connectivity index (χ4v) is 3.45. The first kappa shape index (κ1) is 19.2. The molecule has 3 aromatic rings. The molecule has 0 bridgehead atoms. The maximum Gasteiger partial charge on any atom is 0.246 e. The van der Waals surface area contributed by atoms with E-state index in [4.69, 9.17) is 11.6 Å². The number of carbonyl (C=O) groups excluding carboxylic acids is 1. The summed E-state index contributed by atoms with van der Waals surface area (Å²) in [5.74, 6) is 2.49. The van der Waals surface area contributed by atoms with E-state index in [-0.39, 0.29) is 5.91 Å². The van der Waals surface area contributed by atoms with Crippen LogP contribution in [0.15, 0.2) is 60.9 Å². The van der Waals surface area contributed by atoms with E-state index >= 15 is 0 Å². The number of hydrogen-bond donors (Lipinski definition) is 0. The summed E-state index contributed by atoms with van der Waals surface area (Å²) in [6.45, 7) is 4.69. The van der Waals surface area contributed by atoms with Gasteiger partial charge in [0.05, 0.1) is 0 Å². The van der Waals surface area contributed by atoms with Crippen molar-refractivity contribution in [2.75, 3.05) is 31.1 Å². The van der Waals surface area contributed by atoms with E-state index in [2.05, 4.69) is 14.9 Å². The van der Waals surface area contributed by atoms with E-state index in [9.17, 15) is 4.79 Å². The van der Waals surface area contributed by atoms with Crippen LogP contribution in [0.4, 0.5) is 5.82 Å². The van der Waals surface area contributed by atoms with Crippen molar-refractivity contribution in [2.45, 2.75) is 6.92 Å². The fraction of sp³-hybridized carbons (Fsp3) is 0.227. The number of anilines is 1. The van der Waals surface area contributed by atoms with Crippen LogP contribution in [0.2, 0.25) is 5.02 Å². The van der Waals surface area contributed by atoms with Crippen molar-refractivity contribution in [3.8, 4) is 5.82 Å². The second-order valence-electron chi connectivity index (χ2n) is 6.92. The van der Waals surface area contributed by atoms with Gasteiger partial charge in [-0.1, -0.05) is 23.7 Å². The zero-order valence-electron chi connectivity index (χ0n) is 16.2. The Balaban J connectivity index is 1.39. The average molecular weight is 408 g/mol. The van der Waals surface area contributed by atoms with Crippen LogP contribution in [-0.2, 0) is 4.79 Å². The van der Waals surface area contributed by atoms with Crippen molar-refractivity contribution in [1.29, 1.82) is 0 Å². The average Bonchev–Trinajstić information content (AvgIpc) is 3.28. The first-order valence-corrected chi connectivity index (χ1v) is 9.93. The highest BCUT2D eigenvalue weighted by Gasteiger charge is 2.21. The van der Waals surface area contributed by atoms with Gasteiger partial charge in [0, 0.05) is 55.7 Å². The molecule has 2 aromatic heterocycles. The standard InChI is InChI=1S/C22H22ClN5O/c1-17-24-20(26-10-2-3-11-26)16-21(25-17)27-12-14-28(15-13-27)22(29)9-6-18-4-7-19(23)8-5-18/h2-11,16H,12-15H2,1H3/b9-6+. The SMILES string of the molecule is Cc1nc(N2CCN(C(=O)/C=C/c3ccc(Cl)cc3)CC2)cc(-n2cccc2)n1. The number of aryl methyl sites for hydroxylation is 1. The van der Waals surface area contributed by atoms with E-state index in [1.807, 2.05) is 77.3 Å². The molecule has 0 aliphatic carbocycles. The van der Waals surface area contributed by atoms with Crippen molar-refractivity contribution in [3.05, 3.63) is 77.3 Å². The van der Waals surface area contributed by atoms with Crippen LogP contribution in [0.1, 0.15) is 11.4 Å². The van der Waals surface area contributed by atoms with E-state index in [1.165, 1.54) is 0 Å². The lowest BCUT2D eigenvalue weighted by atomic mass is 10.2. The number of nitrogens with zero attached hydrogens (tertiary/aromatic N) is 5. The molecule has 3 heterocycles. The molecule has 1 fully saturated rings. The summed E-state index contributed by atoms with van der Waals surface area (Å²) in [6.07, 6.45) is 7.38. The van der Waals surface area contributed by atoms with Crippen LogP contribution >= 0.6 is 11.6 Å². The number of hydrogen-bond acceptors (Lipinski definition) is 4. The van der Waals surface area contributed by atoms with Crippen molar-refractivity contribution in [2.24, 2.45) is 0 Å². The number of piperazine rings is 1. The molecule has 1 aromatic carbocycles. The molecule has 1 aliphatic heterocycles. The van der Waals surface area contributed by atoms with Gasteiger partial charge in [-0.05, 0) is 42.8 Å². The Bertz CT molecular complexity index is 1010. The molecular weight excluding hydrogens is 386 g/mol. The van der Waals surface area contributed by atoms with Gasteiger partial charge in [-0.3, -0.25) is 4.79 Å². The van der Waals surface area contributed by atoms with Crippen molar-refractivity contribution < 1.29 is 4.79 Å². The minimum Gasteiger partial charge on any atom is -0.353 e. The largest absolute Gasteiger partial charge is 0.353 e. The second kappa shape index (κ2) is 8.49. The quantitative estimate of drug-likeness (QED) is 0.620. The topological polar surface area (TPSA) is 54.3 Å². The maximum atomic E-state index is 12.5. The summed E-state index contributed by atoms with van der Waals surface area (Å²) in [4.78, 5) is 25.7. The summed E-state index contributed by atoms with van der Waals surface area (Å²) < 4.78 is 1.97. The molecule has 0 atom stereocenters. The fourth-order valence-electron chi connectivity index (χ4n) is 3.32. The molecule has 1 amide bonds. The molecule has 1 aliphatic rings. The first-order valence-electron chi connectivity index (χ1n) is 9.55. The summed E-state index contributed by atoms with van der Waals surface area (Å²) in [7, 11) is 0. The lowest BCUT2D eigenvalue weighted by Crippen LogP contribution is -2.48. The predicted octanol–water partition coefficient (Wildman–Crippen LogP) is 3.59. The number of carbonyl (C=O) groups is 1. The summed E-state index contributed by atoms with van der Waals surface area (Å²) in [5.41, 5.74) is 0.954. The highest BCUT2D eigenvalue weighted by Crippen LogP contribution is 2.18. The molecule has 29 heavy (non-hydrogen) atoms. The molecule has 7 heteroatoms. The number of amides is 1. The smallest absolute Gasteiger partial charge is 0.246 e. The van der Waals surface area contributed by atoms with Gasteiger partial charge in [-0.2, -0.15) is 0 Å². The molecule has 6 nitrogen and oxygen atoms in total. The van der Waals surface area contributed by atoms with E-state index < -0.39 is 0 Å². The van der Waals surface area contributed by atoms with E-state index in [0.717, 1.165) is 36.1 Å². The van der Waals surface area contributed by atoms with Crippen molar-refractivity contribution >= 4 is 29.4 Å². The zero-order valence-corrected chi connectivity index (χ0v) is 17.0. The lowest BCUT2D eigenvalue weighted by molar-refractivity contribution is -0.126. The molecule has 0 unspecified atom stereocenters. The minimum atomic E-state index is 0.0199. The van der Waals surface area contributed by atoms with Crippen molar-refractivity contribution in [1.82, 2.24) is 19.4 Å². The molecule has 0 spiro atoms. The van der Waals surface area contributed by atoms with E-state index in [1.54, 1.807) is 6.08 Å². The second-order valence-corrected chi connectivity index (χ2v) is 7.36. The Morgan fingerprint density at radius 3 is 2.34 bits per heavy atom. The third-order valence-corrected chi connectivity index (χ3v) is 5.14. The number of aromatic nitrogens is 3. The predicted molar refractivity (Wildman–Crippen MR) is 115 cm³/mol. The molecule has 0 saturated carbocycles. The Morgan fingerprint density at radius 2 is 1.66 bits per heavy atom. The summed E-state index contributed by atoms with van der Waals surface area (Å²) in [6, 6.07) is 13.4. The summed E-state index contributed by atoms with van der Waals surface area (Å²) >= 11 is 5.89. The maximum absolute atomic E-state index is 12.5. The lowest BCUT2D eigenvalue weighted by Gasteiger charge is -2.35. The van der Waals surface area contributed by atoms with Gasteiger partial charge in [-0.15, -0.1) is 0 Å². The normalized spacial score (nSPS) is 14.6. The third-order valence-electron chi connectivity index (χ3n) is 4.88. The molecule has 0 radical (unpaired) electrons. The Hall–Kier alpha value is -3.12. The van der Waals surface area contributed by atoms with Gasteiger partial charge in [0.1, 0.15) is 17.5 Å². The van der Waals surface area contributed by atoms with Crippen LogP contribution in [0, 0.1) is 6.92 Å².